The number of nitrogens with one attached hydrogen (secondary N) is 1. The number of rotatable bonds is 8. The average molecular weight is 233 g/mol. The van der Waals surface area contributed by atoms with Crippen molar-refractivity contribution in [3.8, 4) is 0 Å². The number of methoxy groups -OCH3 is 1. The van der Waals surface area contributed by atoms with Gasteiger partial charge in [-0.2, -0.15) is 11.8 Å². The number of esters is 1. The number of hydrogen-bond acceptors (Lipinski definition) is 4. The predicted octanol–water partition coefficient (Wildman–Crippen LogP) is 2.06. The van der Waals surface area contributed by atoms with E-state index in [2.05, 4.69) is 12.2 Å². The lowest BCUT2D eigenvalue weighted by Crippen LogP contribution is -2.50. The zero-order valence-corrected chi connectivity index (χ0v) is 11.1. The first kappa shape index (κ1) is 14.8. The highest BCUT2D eigenvalue weighted by molar-refractivity contribution is 7.99. The van der Waals surface area contributed by atoms with Crippen molar-refractivity contribution in [3.63, 3.8) is 0 Å². The summed E-state index contributed by atoms with van der Waals surface area (Å²) in [7, 11) is 1.44. The summed E-state index contributed by atoms with van der Waals surface area (Å²) in [5.74, 6) is 1.98. The molecule has 0 radical (unpaired) electrons. The van der Waals surface area contributed by atoms with Gasteiger partial charge in [-0.1, -0.05) is 13.8 Å². The highest BCUT2D eigenvalue weighted by Crippen LogP contribution is 2.16. The first-order valence-electron chi connectivity index (χ1n) is 5.52. The Hall–Kier alpha value is -0.220. The normalized spacial score (nSPS) is 14.7. The molecule has 0 aromatic carbocycles. The topological polar surface area (TPSA) is 38.3 Å². The summed E-state index contributed by atoms with van der Waals surface area (Å²) < 4.78 is 4.81. The summed E-state index contributed by atoms with van der Waals surface area (Å²) in [5.41, 5.74) is -0.524. The van der Waals surface area contributed by atoms with Gasteiger partial charge in [0.05, 0.1) is 7.11 Å². The van der Waals surface area contributed by atoms with E-state index in [1.807, 2.05) is 25.6 Å². The van der Waals surface area contributed by atoms with Crippen LogP contribution in [0.5, 0.6) is 0 Å². The van der Waals surface area contributed by atoms with E-state index in [1.165, 1.54) is 13.5 Å². The molecule has 0 aliphatic carbocycles. The molecule has 0 aromatic rings. The van der Waals surface area contributed by atoms with Gasteiger partial charge < -0.3 is 10.1 Å². The van der Waals surface area contributed by atoms with Gasteiger partial charge in [0.25, 0.3) is 0 Å². The summed E-state index contributed by atoms with van der Waals surface area (Å²) in [6.07, 6.45) is 2.00. The van der Waals surface area contributed by atoms with Crippen LogP contribution in [0.2, 0.25) is 0 Å². The van der Waals surface area contributed by atoms with Crippen LogP contribution in [0, 0.1) is 0 Å². The molecule has 90 valence electrons. The van der Waals surface area contributed by atoms with Gasteiger partial charge in [-0.15, -0.1) is 0 Å². The Morgan fingerprint density at radius 2 is 2.07 bits per heavy atom. The van der Waals surface area contributed by atoms with Gasteiger partial charge in [-0.3, -0.25) is 4.79 Å². The van der Waals surface area contributed by atoms with E-state index >= 15 is 0 Å². The molecule has 0 bridgehead atoms. The fourth-order valence-corrected chi connectivity index (χ4v) is 2.45. The van der Waals surface area contributed by atoms with E-state index in [9.17, 15) is 4.79 Å². The van der Waals surface area contributed by atoms with Gasteiger partial charge in [0.15, 0.2) is 0 Å². The van der Waals surface area contributed by atoms with Crippen LogP contribution in [0.15, 0.2) is 0 Å². The first-order valence-corrected chi connectivity index (χ1v) is 6.67. The van der Waals surface area contributed by atoms with E-state index in [1.54, 1.807) is 0 Å². The minimum Gasteiger partial charge on any atom is -0.468 e. The molecule has 0 amide bonds. The van der Waals surface area contributed by atoms with E-state index in [0.29, 0.717) is 0 Å². The molecule has 0 rings (SSSR count). The second kappa shape index (κ2) is 7.99. The average Bonchev–Trinajstić information content (AvgIpc) is 2.23. The van der Waals surface area contributed by atoms with Gasteiger partial charge >= 0.3 is 5.97 Å². The molecule has 1 atom stereocenters. The largest absolute Gasteiger partial charge is 0.468 e. The molecule has 0 saturated heterocycles. The van der Waals surface area contributed by atoms with Crippen molar-refractivity contribution in [2.24, 2.45) is 0 Å². The molecule has 0 spiro atoms. The molecule has 1 unspecified atom stereocenters. The Kier molecular flexibility index (Phi) is 7.88. The zero-order chi connectivity index (χ0) is 11.7. The van der Waals surface area contributed by atoms with Crippen LogP contribution >= 0.6 is 11.8 Å². The van der Waals surface area contributed by atoms with Crippen LogP contribution in [0.25, 0.3) is 0 Å². The number of carbonyl (C=O) groups excluding carboxylic acids is 1. The van der Waals surface area contributed by atoms with Crippen molar-refractivity contribution < 1.29 is 9.53 Å². The summed E-state index contributed by atoms with van der Waals surface area (Å²) in [6.45, 7) is 6.86. The van der Waals surface area contributed by atoms with E-state index in [0.717, 1.165) is 24.5 Å². The lowest BCUT2D eigenvalue weighted by molar-refractivity contribution is -0.147. The first-order chi connectivity index (χ1) is 7.10. The molecular formula is C11H23NO2S. The Balaban J connectivity index is 4.07. The van der Waals surface area contributed by atoms with E-state index in [-0.39, 0.29) is 5.97 Å². The fourth-order valence-electron chi connectivity index (χ4n) is 1.40. The predicted molar refractivity (Wildman–Crippen MR) is 66.3 cm³/mol. The third kappa shape index (κ3) is 5.42. The monoisotopic (exact) mass is 233 g/mol. The Morgan fingerprint density at radius 1 is 1.40 bits per heavy atom. The third-order valence-electron chi connectivity index (χ3n) is 2.30. The zero-order valence-electron chi connectivity index (χ0n) is 10.3. The maximum atomic E-state index is 11.6. The highest BCUT2D eigenvalue weighted by Gasteiger charge is 2.32. The number of hydrogen-bond donors (Lipinski definition) is 1. The summed E-state index contributed by atoms with van der Waals surface area (Å²) in [5, 5.41) is 3.20. The standard InChI is InChI=1S/C11H23NO2S/c1-5-8-15-9-7-11(3,12-6-2)10(13)14-4/h12H,5-9H2,1-4H3. The fraction of sp³-hybridized carbons (Fsp3) is 0.909. The quantitative estimate of drug-likeness (QED) is 0.514. The molecule has 0 heterocycles. The number of carbonyl (C=O) groups is 1. The molecule has 0 aromatic heterocycles. The SMILES string of the molecule is CCCSCCC(C)(NCC)C(=O)OC. The lowest BCUT2D eigenvalue weighted by Gasteiger charge is -2.27. The second-order valence-corrected chi connectivity index (χ2v) is 4.94. The summed E-state index contributed by atoms with van der Waals surface area (Å²) in [4.78, 5) is 11.6. The molecule has 0 aliphatic rings. The molecule has 0 fully saturated rings. The highest BCUT2D eigenvalue weighted by atomic mass is 32.2. The van der Waals surface area contributed by atoms with E-state index < -0.39 is 5.54 Å². The van der Waals surface area contributed by atoms with Crippen molar-refractivity contribution in [1.29, 1.82) is 0 Å². The van der Waals surface area contributed by atoms with Gasteiger partial charge in [-0.05, 0) is 37.8 Å². The number of ether oxygens (including phenoxy) is 1. The minimum absolute atomic E-state index is 0.165. The van der Waals surface area contributed by atoms with Crippen molar-refractivity contribution >= 4 is 17.7 Å². The van der Waals surface area contributed by atoms with Crippen LogP contribution in [-0.4, -0.2) is 36.7 Å². The van der Waals surface area contributed by atoms with Crippen molar-refractivity contribution in [2.45, 2.75) is 39.2 Å². The maximum Gasteiger partial charge on any atom is 0.325 e. The van der Waals surface area contributed by atoms with Crippen LogP contribution in [0.3, 0.4) is 0 Å². The molecule has 0 aliphatic heterocycles. The summed E-state index contributed by atoms with van der Waals surface area (Å²) in [6, 6.07) is 0. The Labute approximate surface area is 97.3 Å². The van der Waals surface area contributed by atoms with Gasteiger partial charge in [-0.25, -0.2) is 0 Å². The Morgan fingerprint density at radius 3 is 2.53 bits per heavy atom. The smallest absolute Gasteiger partial charge is 0.325 e. The van der Waals surface area contributed by atoms with Crippen molar-refractivity contribution in [3.05, 3.63) is 0 Å². The Bertz CT molecular complexity index is 187. The third-order valence-corrected chi connectivity index (χ3v) is 3.49. The van der Waals surface area contributed by atoms with Gasteiger partial charge in [0, 0.05) is 0 Å². The molecule has 1 N–H and O–H groups in total. The molecule has 4 heteroatoms. The maximum absolute atomic E-state index is 11.6. The van der Waals surface area contributed by atoms with Crippen LogP contribution in [0.4, 0.5) is 0 Å². The second-order valence-electron chi connectivity index (χ2n) is 3.72. The summed E-state index contributed by atoms with van der Waals surface area (Å²) >= 11 is 1.89. The van der Waals surface area contributed by atoms with Crippen molar-refractivity contribution in [1.82, 2.24) is 5.32 Å². The van der Waals surface area contributed by atoms with Crippen LogP contribution in [-0.2, 0) is 9.53 Å². The molecule has 3 nitrogen and oxygen atoms in total. The van der Waals surface area contributed by atoms with Gasteiger partial charge in [0.2, 0.25) is 0 Å². The minimum atomic E-state index is -0.524. The van der Waals surface area contributed by atoms with Crippen LogP contribution in [0.1, 0.15) is 33.6 Å². The molecule has 0 saturated carbocycles. The molecular weight excluding hydrogens is 210 g/mol. The number of thioether (sulfide) groups is 1. The van der Waals surface area contributed by atoms with Crippen LogP contribution < -0.4 is 5.32 Å². The molecule has 15 heavy (non-hydrogen) atoms. The lowest BCUT2D eigenvalue weighted by atomic mass is 9.99. The van der Waals surface area contributed by atoms with Gasteiger partial charge in [0.1, 0.15) is 5.54 Å². The number of likely N-dealkylation sites (N-methyl/N-ethyl adjacent to an activating group) is 1. The van der Waals surface area contributed by atoms with Crippen molar-refractivity contribution in [2.75, 3.05) is 25.2 Å². The van der Waals surface area contributed by atoms with E-state index in [4.69, 9.17) is 4.74 Å².